The van der Waals surface area contributed by atoms with E-state index in [2.05, 4.69) is 4.98 Å². The Morgan fingerprint density at radius 2 is 2.16 bits per heavy atom. The molecule has 2 aromatic carbocycles. The van der Waals surface area contributed by atoms with Gasteiger partial charge in [-0.15, -0.1) is 11.3 Å². The molecule has 0 saturated heterocycles. The maximum Gasteiger partial charge on any atom is 0.263 e. The Morgan fingerprint density at radius 3 is 2.91 bits per heavy atom. The number of oxazole rings is 1. The standard InChI is InChI=1S/C24H18FN3O3S/c1-30-14-7-8-16(18(9-14)13-5-6-13)22-27-23-20(17-3-2-4-19(25)21(17)32-23)24(29)28(22)11-15-10-26-12-31-15/h2-4,7-10,12-13H,5-6,11H2,1H3. The molecule has 8 heteroatoms. The predicted molar refractivity (Wildman–Crippen MR) is 121 cm³/mol. The second kappa shape index (κ2) is 7.27. The average Bonchev–Trinajstić information content (AvgIpc) is 3.38. The lowest BCUT2D eigenvalue weighted by Gasteiger charge is -2.15. The van der Waals surface area contributed by atoms with Gasteiger partial charge in [0.2, 0.25) is 0 Å². The molecule has 0 unspecified atom stereocenters. The fourth-order valence-electron chi connectivity index (χ4n) is 4.18. The molecule has 3 heterocycles. The van der Waals surface area contributed by atoms with E-state index in [0.717, 1.165) is 29.7 Å². The van der Waals surface area contributed by atoms with Crippen molar-refractivity contribution in [3.05, 3.63) is 76.5 Å². The Balaban J connectivity index is 1.68. The zero-order valence-electron chi connectivity index (χ0n) is 17.2. The molecule has 0 aliphatic heterocycles. The van der Waals surface area contributed by atoms with E-state index in [1.165, 1.54) is 23.8 Å². The first-order valence-electron chi connectivity index (χ1n) is 10.3. The van der Waals surface area contributed by atoms with Gasteiger partial charge in [0.05, 0.1) is 29.9 Å². The van der Waals surface area contributed by atoms with Gasteiger partial charge in [0.15, 0.2) is 6.39 Å². The number of hydrogen-bond acceptors (Lipinski definition) is 6. The van der Waals surface area contributed by atoms with Gasteiger partial charge in [-0.3, -0.25) is 9.36 Å². The van der Waals surface area contributed by atoms with Gasteiger partial charge in [-0.25, -0.2) is 14.4 Å². The highest BCUT2D eigenvalue weighted by Gasteiger charge is 2.29. The van der Waals surface area contributed by atoms with Crippen LogP contribution in [0.5, 0.6) is 5.75 Å². The van der Waals surface area contributed by atoms with Crippen LogP contribution in [0, 0.1) is 5.82 Å². The molecule has 0 spiro atoms. The van der Waals surface area contributed by atoms with Crippen LogP contribution in [0.15, 0.2) is 58.2 Å². The Bertz CT molecular complexity index is 1530. The van der Waals surface area contributed by atoms with Gasteiger partial charge in [0, 0.05) is 10.9 Å². The molecule has 1 fully saturated rings. The monoisotopic (exact) mass is 447 g/mol. The zero-order valence-corrected chi connectivity index (χ0v) is 18.0. The van der Waals surface area contributed by atoms with E-state index in [-0.39, 0.29) is 17.9 Å². The van der Waals surface area contributed by atoms with Gasteiger partial charge in [-0.2, -0.15) is 0 Å². The molecule has 0 atom stereocenters. The third kappa shape index (κ3) is 3.02. The quantitative estimate of drug-likeness (QED) is 0.364. The van der Waals surface area contributed by atoms with Gasteiger partial charge in [-0.1, -0.05) is 12.1 Å². The maximum atomic E-state index is 14.5. The lowest BCUT2D eigenvalue weighted by molar-refractivity contribution is 0.414. The van der Waals surface area contributed by atoms with Crippen LogP contribution in [0.2, 0.25) is 0 Å². The van der Waals surface area contributed by atoms with Crippen molar-refractivity contribution in [1.29, 1.82) is 0 Å². The summed E-state index contributed by atoms with van der Waals surface area (Å²) in [6.45, 7) is 0.180. The van der Waals surface area contributed by atoms with Gasteiger partial charge in [0.1, 0.15) is 28.0 Å². The second-order valence-corrected chi connectivity index (χ2v) is 8.92. The molecule has 6 rings (SSSR count). The number of ether oxygens (including phenoxy) is 1. The summed E-state index contributed by atoms with van der Waals surface area (Å²) in [5.74, 6) is 1.91. The molecular formula is C24H18FN3O3S. The molecular weight excluding hydrogens is 429 g/mol. The number of rotatable bonds is 5. The topological polar surface area (TPSA) is 70.2 Å². The lowest BCUT2D eigenvalue weighted by Crippen LogP contribution is -2.24. The van der Waals surface area contributed by atoms with Crippen molar-refractivity contribution in [1.82, 2.24) is 14.5 Å². The van der Waals surface area contributed by atoms with Crippen molar-refractivity contribution < 1.29 is 13.5 Å². The molecule has 0 bridgehead atoms. The van der Waals surface area contributed by atoms with E-state index in [4.69, 9.17) is 14.1 Å². The van der Waals surface area contributed by atoms with Crippen LogP contribution in [0.4, 0.5) is 4.39 Å². The summed E-state index contributed by atoms with van der Waals surface area (Å²) >= 11 is 1.21. The third-order valence-corrected chi connectivity index (χ3v) is 6.99. The summed E-state index contributed by atoms with van der Waals surface area (Å²) in [6.07, 6.45) is 5.09. The summed E-state index contributed by atoms with van der Waals surface area (Å²) < 4.78 is 27.4. The van der Waals surface area contributed by atoms with Crippen molar-refractivity contribution in [2.24, 2.45) is 0 Å². The summed E-state index contributed by atoms with van der Waals surface area (Å²) in [7, 11) is 1.64. The second-order valence-electron chi connectivity index (χ2n) is 7.92. The fourth-order valence-corrected chi connectivity index (χ4v) is 5.25. The van der Waals surface area contributed by atoms with Crippen LogP contribution in [0.25, 0.3) is 31.7 Å². The first-order valence-corrected chi connectivity index (χ1v) is 11.1. The minimum absolute atomic E-state index is 0.180. The molecule has 0 N–H and O–H groups in total. The number of halogens is 1. The zero-order chi connectivity index (χ0) is 21.8. The van der Waals surface area contributed by atoms with E-state index in [1.54, 1.807) is 30.0 Å². The smallest absolute Gasteiger partial charge is 0.263 e. The van der Waals surface area contributed by atoms with Crippen LogP contribution in [0.1, 0.15) is 30.1 Å². The molecule has 160 valence electrons. The van der Waals surface area contributed by atoms with Crippen molar-refractivity contribution in [2.45, 2.75) is 25.3 Å². The van der Waals surface area contributed by atoms with E-state index in [9.17, 15) is 9.18 Å². The molecule has 32 heavy (non-hydrogen) atoms. The van der Waals surface area contributed by atoms with Crippen molar-refractivity contribution in [2.75, 3.05) is 7.11 Å². The molecule has 1 aliphatic carbocycles. The molecule has 0 amide bonds. The van der Waals surface area contributed by atoms with Crippen molar-refractivity contribution in [3.8, 4) is 17.1 Å². The SMILES string of the molecule is COc1ccc(-c2nc3sc4c(F)cccc4c3c(=O)n2Cc2cnco2)c(C2CC2)c1. The Labute approximate surface area is 185 Å². The number of fused-ring (bicyclic) bond motifs is 3. The lowest BCUT2D eigenvalue weighted by atomic mass is 10.0. The number of methoxy groups -OCH3 is 1. The molecule has 0 radical (unpaired) electrons. The highest BCUT2D eigenvalue weighted by Crippen LogP contribution is 2.45. The van der Waals surface area contributed by atoms with E-state index in [1.807, 2.05) is 18.2 Å². The van der Waals surface area contributed by atoms with E-state index < -0.39 is 0 Å². The van der Waals surface area contributed by atoms with Gasteiger partial charge < -0.3 is 9.15 Å². The summed E-state index contributed by atoms with van der Waals surface area (Å²) in [4.78, 5) is 23.2. The number of hydrogen-bond donors (Lipinski definition) is 0. The number of benzene rings is 2. The number of nitrogens with zero attached hydrogens (tertiary/aromatic N) is 3. The molecule has 5 aromatic rings. The summed E-state index contributed by atoms with van der Waals surface area (Å²) in [5.41, 5.74) is 1.76. The van der Waals surface area contributed by atoms with Crippen LogP contribution in [-0.4, -0.2) is 21.6 Å². The Kier molecular flexibility index (Phi) is 4.36. The number of thiophene rings is 1. The molecule has 6 nitrogen and oxygen atoms in total. The van der Waals surface area contributed by atoms with Gasteiger partial charge >= 0.3 is 0 Å². The van der Waals surface area contributed by atoms with E-state index >= 15 is 0 Å². The van der Waals surface area contributed by atoms with Crippen LogP contribution in [0.3, 0.4) is 0 Å². The van der Waals surface area contributed by atoms with Crippen molar-refractivity contribution >= 4 is 31.6 Å². The van der Waals surface area contributed by atoms with Crippen molar-refractivity contribution in [3.63, 3.8) is 0 Å². The van der Waals surface area contributed by atoms with Crippen LogP contribution < -0.4 is 10.3 Å². The Hall–Kier alpha value is -3.52. The highest BCUT2D eigenvalue weighted by molar-refractivity contribution is 7.25. The maximum absolute atomic E-state index is 14.5. The number of aromatic nitrogens is 3. The highest BCUT2D eigenvalue weighted by atomic mass is 32.1. The summed E-state index contributed by atoms with van der Waals surface area (Å²) in [6, 6.07) is 10.6. The van der Waals surface area contributed by atoms with Gasteiger partial charge in [-0.05, 0) is 48.6 Å². The predicted octanol–water partition coefficient (Wildman–Crippen LogP) is 5.34. The largest absolute Gasteiger partial charge is 0.497 e. The first-order chi connectivity index (χ1) is 15.6. The van der Waals surface area contributed by atoms with Crippen LogP contribution >= 0.6 is 11.3 Å². The average molecular weight is 447 g/mol. The summed E-state index contributed by atoms with van der Waals surface area (Å²) in [5, 5.41) is 1.01. The minimum Gasteiger partial charge on any atom is -0.497 e. The normalized spacial score (nSPS) is 13.8. The third-order valence-electron chi connectivity index (χ3n) is 5.89. The molecule has 1 aliphatic rings. The Morgan fingerprint density at radius 1 is 1.28 bits per heavy atom. The molecule has 3 aromatic heterocycles. The first kappa shape index (κ1) is 19.2. The molecule has 1 saturated carbocycles. The van der Waals surface area contributed by atoms with Gasteiger partial charge in [0.25, 0.3) is 5.56 Å². The fraction of sp³-hybridized carbons (Fsp3) is 0.208. The van der Waals surface area contributed by atoms with E-state index in [0.29, 0.717) is 37.8 Å². The minimum atomic E-state index is -0.351. The van der Waals surface area contributed by atoms with Crippen LogP contribution in [-0.2, 0) is 6.54 Å².